The Morgan fingerprint density at radius 1 is 1.27 bits per heavy atom. The highest BCUT2D eigenvalue weighted by molar-refractivity contribution is 5.18. The predicted octanol–water partition coefficient (Wildman–Crippen LogP) is 2.46. The number of likely N-dealkylation sites (tertiary alicyclic amines) is 1. The Hall–Kier alpha value is -0.960. The van der Waals surface area contributed by atoms with Gasteiger partial charge in [-0.3, -0.25) is 0 Å². The van der Waals surface area contributed by atoms with Gasteiger partial charge in [0.1, 0.15) is 11.6 Å². The molecule has 82 valence electrons. The predicted molar refractivity (Wildman–Crippen MR) is 55.7 cm³/mol. The lowest BCUT2D eigenvalue weighted by Crippen LogP contribution is -2.15. The Balaban J connectivity index is 2.04. The standard InChI is InChI=1S/C12H15F2N/c1-15-3-2-9(8-15)4-10-5-11(13)7-12(14)6-10/h5-7,9H,2-4,8H2,1H3. The summed E-state index contributed by atoms with van der Waals surface area (Å²) < 4.78 is 25.9. The molecule has 2 rings (SSSR count). The van der Waals surface area contributed by atoms with Crippen molar-refractivity contribution in [2.75, 3.05) is 20.1 Å². The maximum atomic E-state index is 12.9. The minimum atomic E-state index is -0.476. The van der Waals surface area contributed by atoms with E-state index in [9.17, 15) is 8.78 Å². The molecule has 0 radical (unpaired) electrons. The fourth-order valence-electron chi connectivity index (χ4n) is 2.26. The third kappa shape index (κ3) is 2.75. The van der Waals surface area contributed by atoms with Crippen LogP contribution in [0.3, 0.4) is 0 Å². The van der Waals surface area contributed by atoms with Gasteiger partial charge in [-0.05, 0) is 50.0 Å². The van der Waals surface area contributed by atoms with Crippen LogP contribution in [0.15, 0.2) is 18.2 Å². The van der Waals surface area contributed by atoms with Gasteiger partial charge < -0.3 is 4.90 Å². The van der Waals surface area contributed by atoms with Gasteiger partial charge in [-0.1, -0.05) is 0 Å². The number of hydrogen-bond donors (Lipinski definition) is 0. The lowest BCUT2D eigenvalue weighted by atomic mass is 9.98. The molecule has 1 fully saturated rings. The zero-order chi connectivity index (χ0) is 10.8. The monoisotopic (exact) mass is 211 g/mol. The van der Waals surface area contributed by atoms with Gasteiger partial charge in [0, 0.05) is 12.6 Å². The van der Waals surface area contributed by atoms with E-state index in [1.54, 1.807) is 0 Å². The van der Waals surface area contributed by atoms with Crippen LogP contribution in [0.25, 0.3) is 0 Å². The molecule has 1 saturated heterocycles. The highest BCUT2D eigenvalue weighted by atomic mass is 19.1. The molecule has 0 saturated carbocycles. The van der Waals surface area contributed by atoms with Crippen molar-refractivity contribution in [2.45, 2.75) is 12.8 Å². The molecule has 0 amide bonds. The summed E-state index contributed by atoms with van der Waals surface area (Å²) in [6, 6.07) is 3.78. The molecular weight excluding hydrogens is 196 g/mol. The van der Waals surface area contributed by atoms with E-state index in [4.69, 9.17) is 0 Å². The second-order valence-corrected chi connectivity index (χ2v) is 4.40. The van der Waals surface area contributed by atoms with Crippen LogP contribution in [-0.2, 0) is 6.42 Å². The number of benzene rings is 1. The van der Waals surface area contributed by atoms with E-state index < -0.39 is 11.6 Å². The molecule has 1 nitrogen and oxygen atoms in total. The fraction of sp³-hybridized carbons (Fsp3) is 0.500. The molecule has 1 unspecified atom stereocenters. The van der Waals surface area contributed by atoms with Crippen LogP contribution in [0.5, 0.6) is 0 Å². The van der Waals surface area contributed by atoms with Gasteiger partial charge in [-0.25, -0.2) is 8.78 Å². The largest absolute Gasteiger partial charge is 0.306 e. The molecule has 0 spiro atoms. The van der Waals surface area contributed by atoms with Crippen LogP contribution in [-0.4, -0.2) is 25.0 Å². The molecule has 1 aliphatic heterocycles. The number of halogens is 2. The van der Waals surface area contributed by atoms with E-state index in [0.29, 0.717) is 5.92 Å². The molecule has 0 aromatic heterocycles. The summed E-state index contributed by atoms with van der Waals surface area (Å²) in [7, 11) is 2.08. The quantitative estimate of drug-likeness (QED) is 0.726. The first kappa shape index (κ1) is 10.6. The van der Waals surface area contributed by atoms with Gasteiger partial charge in [-0.15, -0.1) is 0 Å². The summed E-state index contributed by atoms with van der Waals surface area (Å²) in [5, 5.41) is 0. The first-order valence-electron chi connectivity index (χ1n) is 5.27. The van der Waals surface area contributed by atoms with Crippen molar-refractivity contribution in [3.05, 3.63) is 35.4 Å². The van der Waals surface area contributed by atoms with Crippen molar-refractivity contribution in [1.29, 1.82) is 0 Å². The molecule has 0 aliphatic carbocycles. The number of rotatable bonds is 2. The van der Waals surface area contributed by atoms with Crippen LogP contribution in [0, 0.1) is 17.6 Å². The van der Waals surface area contributed by atoms with Gasteiger partial charge >= 0.3 is 0 Å². The summed E-state index contributed by atoms with van der Waals surface area (Å²) in [6.07, 6.45) is 1.90. The van der Waals surface area contributed by atoms with E-state index in [1.165, 1.54) is 12.1 Å². The van der Waals surface area contributed by atoms with Crippen LogP contribution in [0.2, 0.25) is 0 Å². The third-order valence-corrected chi connectivity index (χ3v) is 2.94. The topological polar surface area (TPSA) is 3.24 Å². The van der Waals surface area contributed by atoms with E-state index in [2.05, 4.69) is 11.9 Å². The Morgan fingerprint density at radius 3 is 2.47 bits per heavy atom. The van der Waals surface area contributed by atoms with Gasteiger partial charge in [0.15, 0.2) is 0 Å². The third-order valence-electron chi connectivity index (χ3n) is 2.94. The van der Waals surface area contributed by atoms with Crippen molar-refractivity contribution in [3.63, 3.8) is 0 Å². The molecular formula is C12H15F2N. The summed E-state index contributed by atoms with van der Waals surface area (Å²) in [5.74, 6) is -0.413. The van der Waals surface area contributed by atoms with Crippen LogP contribution in [0.1, 0.15) is 12.0 Å². The minimum absolute atomic E-state index is 0.476. The van der Waals surface area contributed by atoms with Crippen molar-refractivity contribution in [3.8, 4) is 0 Å². The lowest BCUT2D eigenvalue weighted by Gasteiger charge is -2.10. The van der Waals surface area contributed by atoms with Crippen LogP contribution >= 0.6 is 0 Å². The summed E-state index contributed by atoms with van der Waals surface area (Å²) in [6.45, 7) is 2.11. The van der Waals surface area contributed by atoms with Crippen molar-refractivity contribution < 1.29 is 8.78 Å². The van der Waals surface area contributed by atoms with Crippen LogP contribution in [0.4, 0.5) is 8.78 Å². The summed E-state index contributed by atoms with van der Waals surface area (Å²) >= 11 is 0. The SMILES string of the molecule is CN1CCC(Cc2cc(F)cc(F)c2)C1. The molecule has 15 heavy (non-hydrogen) atoms. The van der Waals surface area contributed by atoms with Gasteiger partial charge in [0.25, 0.3) is 0 Å². The first-order chi connectivity index (χ1) is 7.13. The van der Waals surface area contributed by atoms with Crippen molar-refractivity contribution in [2.24, 2.45) is 5.92 Å². The van der Waals surface area contributed by atoms with Gasteiger partial charge in [0.05, 0.1) is 0 Å². The average molecular weight is 211 g/mol. The smallest absolute Gasteiger partial charge is 0.126 e. The maximum absolute atomic E-state index is 12.9. The zero-order valence-electron chi connectivity index (χ0n) is 8.84. The van der Waals surface area contributed by atoms with Crippen molar-refractivity contribution >= 4 is 0 Å². The molecule has 1 aliphatic rings. The molecule has 1 aromatic carbocycles. The summed E-state index contributed by atoms with van der Waals surface area (Å²) in [5.41, 5.74) is 0.771. The molecule has 3 heteroatoms. The molecule has 1 aromatic rings. The summed E-state index contributed by atoms with van der Waals surface area (Å²) in [4.78, 5) is 2.25. The number of hydrogen-bond acceptors (Lipinski definition) is 1. The average Bonchev–Trinajstić information content (AvgIpc) is 2.49. The number of nitrogens with zero attached hydrogens (tertiary/aromatic N) is 1. The molecule has 0 N–H and O–H groups in total. The zero-order valence-corrected chi connectivity index (χ0v) is 8.84. The Bertz CT molecular complexity index is 331. The highest BCUT2D eigenvalue weighted by Crippen LogP contribution is 2.20. The Morgan fingerprint density at radius 2 is 1.93 bits per heavy atom. The Kier molecular flexibility index (Phi) is 3.00. The van der Waals surface area contributed by atoms with Gasteiger partial charge in [0.2, 0.25) is 0 Å². The van der Waals surface area contributed by atoms with E-state index in [-0.39, 0.29) is 0 Å². The van der Waals surface area contributed by atoms with E-state index in [1.807, 2.05) is 0 Å². The minimum Gasteiger partial charge on any atom is -0.306 e. The normalized spacial score (nSPS) is 22.2. The maximum Gasteiger partial charge on any atom is 0.126 e. The molecule has 0 bridgehead atoms. The van der Waals surface area contributed by atoms with E-state index in [0.717, 1.165) is 37.6 Å². The van der Waals surface area contributed by atoms with E-state index >= 15 is 0 Å². The fourth-order valence-corrected chi connectivity index (χ4v) is 2.26. The van der Waals surface area contributed by atoms with Gasteiger partial charge in [-0.2, -0.15) is 0 Å². The molecule has 1 heterocycles. The van der Waals surface area contributed by atoms with Crippen LogP contribution < -0.4 is 0 Å². The second kappa shape index (κ2) is 4.27. The van der Waals surface area contributed by atoms with Crippen molar-refractivity contribution in [1.82, 2.24) is 4.90 Å². The Labute approximate surface area is 88.7 Å². The second-order valence-electron chi connectivity index (χ2n) is 4.40. The molecule has 1 atom stereocenters. The lowest BCUT2D eigenvalue weighted by molar-refractivity contribution is 0.394. The first-order valence-corrected chi connectivity index (χ1v) is 5.27. The highest BCUT2D eigenvalue weighted by Gasteiger charge is 2.19.